The first-order valence-electron chi connectivity index (χ1n) is 9.34. The van der Waals surface area contributed by atoms with Gasteiger partial charge in [-0.3, -0.25) is 4.79 Å². The van der Waals surface area contributed by atoms with Crippen LogP contribution in [0, 0.1) is 0 Å². The summed E-state index contributed by atoms with van der Waals surface area (Å²) in [7, 11) is 0. The Kier molecular flexibility index (Phi) is 9.22. The van der Waals surface area contributed by atoms with Crippen molar-refractivity contribution < 1.29 is 4.79 Å². The summed E-state index contributed by atoms with van der Waals surface area (Å²) in [6, 6.07) is 21.1. The van der Waals surface area contributed by atoms with Gasteiger partial charge in [-0.05, 0) is 42.3 Å². The monoisotopic (exact) mass is 367 g/mol. The molecule has 138 valence electrons. The van der Waals surface area contributed by atoms with Crippen LogP contribution in [0.15, 0.2) is 66.7 Å². The highest BCUT2D eigenvalue weighted by Gasteiger charge is 2.08. The fraction of sp³-hybridized carbons (Fsp3) is 0.348. The van der Waals surface area contributed by atoms with Gasteiger partial charge in [0.25, 0.3) is 0 Å². The van der Waals surface area contributed by atoms with E-state index in [1.807, 2.05) is 6.26 Å². The molecule has 0 N–H and O–H groups in total. The Hall–Kier alpha value is -1.84. The van der Waals surface area contributed by atoms with Crippen LogP contribution in [-0.4, -0.2) is 35.9 Å². The molecule has 0 saturated carbocycles. The van der Waals surface area contributed by atoms with Gasteiger partial charge in [0.15, 0.2) is 5.12 Å². The van der Waals surface area contributed by atoms with Gasteiger partial charge in [-0.15, -0.1) is 0 Å². The molecule has 0 atom stereocenters. The van der Waals surface area contributed by atoms with E-state index in [2.05, 4.69) is 78.6 Å². The van der Waals surface area contributed by atoms with E-state index in [9.17, 15) is 4.79 Å². The Bertz CT molecular complexity index is 640. The molecule has 0 amide bonds. The molecule has 0 aliphatic heterocycles. The number of hydrogen-bond donors (Lipinski definition) is 0. The smallest absolute Gasteiger partial charge is 0.189 e. The predicted octanol–water partition coefficient (Wildman–Crippen LogP) is 5.50. The van der Waals surface area contributed by atoms with Crippen LogP contribution in [0.1, 0.15) is 37.3 Å². The summed E-state index contributed by atoms with van der Waals surface area (Å²) in [6.07, 6.45) is 6.92. The maximum Gasteiger partial charge on any atom is 0.189 e. The normalized spacial score (nSPS) is 10.7. The third kappa shape index (κ3) is 6.81. The maximum absolute atomic E-state index is 11.6. The minimum Gasteiger partial charge on any atom is -0.303 e. The molecule has 0 fully saturated rings. The summed E-state index contributed by atoms with van der Waals surface area (Å²) in [5, 5.41) is 0.274. The molecule has 0 spiro atoms. The van der Waals surface area contributed by atoms with Crippen LogP contribution >= 0.6 is 11.8 Å². The largest absolute Gasteiger partial charge is 0.303 e. The molecule has 2 rings (SSSR count). The van der Waals surface area contributed by atoms with Crippen molar-refractivity contribution in [2.75, 3.05) is 25.9 Å². The standard InChI is InChI=1S/C23H29NOS/c1-3-17-24(19-16-23(25)26-2)18-10-15-22(20-11-6-4-7-12-20)21-13-8-5-9-14-21/h4-9,11-15H,3,10,16-19H2,1-2H3. The SMILES string of the molecule is CCCN(CCC=C(c1ccccc1)c1ccccc1)CCC(=O)SC. The molecular weight excluding hydrogens is 338 g/mol. The van der Waals surface area contributed by atoms with Crippen LogP contribution in [0.25, 0.3) is 5.57 Å². The molecule has 0 aliphatic rings. The zero-order valence-corrected chi connectivity index (χ0v) is 16.7. The minimum absolute atomic E-state index is 0.274. The van der Waals surface area contributed by atoms with Crippen molar-refractivity contribution >= 4 is 22.5 Å². The molecule has 0 radical (unpaired) electrons. The summed E-state index contributed by atoms with van der Waals surface area (Å²) >= 11 is 1.33. The van der Waals surface area contributed by atoms with Crippen LogP contribution in [0.5, 0.6) is 0 Å². The molecule has 3 heteroatoms. The van der Waals surface area contributed by atoms with Crippen LogP contribution in [-0.2, 0) is 4.79 Å². The zero-order chi connectivity index (χ0) is 18.6. The number of thioether (sulfide) groups is 1. The van der Waals surface area contributed by atoms with E-state index in [1.165, 1.54) is 28.5 Å². The van der Waals surface area contributed by atoms with E-state index in [1.54, 1.807) is 0 Å². The van der Waals surface area contributed by atoms with E-state index in [0.717, 1.165) is 32.5 Å². The number of rotatable bonds is 10. The molecular formula is C23H29NOS. The van der Waals surface area contributed by atoms with Gasteiger partial charge in [-0.25, -0.2) is 0 Å². The van der Waals surface area contributed by atoms with Gasteiger partial charge < -0.3 is 4.90 Å². The van der Waals surface area contributed by atoms with Gasteiger partial charge in [0.05, 0.1) is 0 Å². The summed E-state index contributed by atoms with van der Waals surface area (Å²) in [5.41, 5.74) is 3.78. The lowest BCUT2D eigenvalue weighted by Gasteiger charge is -2.20. The fourth-order valence-corrected chi connectivity index (χ4v) is 3.33. The highest BCUT2D eigenvalue weighted by atomic mass is 32.2. The van der Waals surface area contributed by atoms with Crippen LogP contribution in [0.3, 0.4) is 0 Å². The van der Waals surface area contributed by atoms with Gasteiger partial charge >= 0.3 is 0 Å². The van der Waals surface area contributed by atoms with Crippen molar-refractivity contribution in [1.29, 1.82) is 0 Å². The molecule has 2 aromatic rings. The molecule has 0 unspecified atom stereocenters. The lowest BCUT2D eigenvalue weighted by molar-refractivity contribution is -0.111. The third-order valence-corrected chi connectivity index (χ3v) is 5.02. The second-order valence-electron chi connectivity index (χ2n) is 6.31. The number of benzene rings is 2. The average Bonchev–Trinajstić information content (AvgIpc) is 2.70. The number of carbonyl (C=O) groups is 1. The van der Waals surface area contributed by atoms with Crippen molar-refractivity contribution in [3.05, 3.63) is 77.9 Å². The minimum atomic E-state index is 0.274. The van der Waals surface area contributed by atoms with Crippen molar-refractivity contribution in [1.82, 2.24) is 4.90 Å². The Morgan fingerprint density at radius 1 is 0.923 bits per heavy atom. The Morgan fingerprint density at radius 2 is 1.50 bits per heavy atom. The summed E-state index contributed by atoms with van der Waals surface area (Å²) in [6.45, 7) is 5.08. The number of hydrogen-bond acceptors (Lipinski definition) is 3. The second kappa shape index (κ2) is 11.7. The Balaban J connectivity index is 2.08. The third-order valence-electron chi connectivity index (χ3n) is 4.36. The van der Waals surface area contributed by atoms with Crippen molar-refractivity contribution in [3.8, 4) is 0 Å². The number of nitrogens with zero attached hydrogens (tertiary/aromatic N) is 1. The summed E-state index contributed by atoms with van der Waals surface area (Å²) < 4.78 is 0. The molecule has 0 aromatic heterocycles. The van der Waals surface area contributed by atoms with Crippen molar-refractivity contribution in [2.24, 2.45) is 0 Å². The van der Waals surface area contributed by atoms with E-state index in [4.69, 9.17) is 0 Å². The first-order chi connectivity index (χ1) is 12.7. The summed E-state index contributed by atoms with van der Waals surface area (Å²) in [4.78, 5) is 14.0. The molecule has 2 nitrogen and oxygen atoms in total. The van der Waals surface area contributed by atoms with Crippen LogP contribution in [0.4, 0.5) is 0 Å². The maximum atomic E-state index is 11.6. The van der Waals surface area contributed by atoms with Gasteiger partial charge in [0, 0.05) is 19.5 Å². The van der Waals surface area contributed by atoms with E-state index >= 15 is 0 Å². The van der Waals surface area contributed by atoms with Gasteiger partial charge in [-0.1, -0.05) is 85.4 Å². The van der Waals surface area contributed by atoms with E-state index < -0.39 is 0 Å². The molecule has 0 aliphatic carbocycles. The molecule has 0 heterocycles. The van der Waals surface area contributed by atoms with Gasteiger partial charge in [0.1, 0.15) is 0 Å². The van der Waals surface area contributed by atoms with Gasteiger partial charge in [0.2, 0.25) is 0 Å². The van der Waals surface area contributed by atoms with E-state index in [0.29, 0.717) is 6.42 Å². The molecule has 0 saturated heterocycles. The predicted molar refractivity (Wildman–Crippen MR) is 114 cm³/mol. The van der Waals surface area contributed by atoms with E-state index in [-0.39, 0.29) is 5.12 Å². The lowest BCUT2D eigenvalue weighted by Crippen LogP contribution is -2.27. The first kappa shape index (κ1) is 20.5. The van der Waals surface area contributed by atoms with Crippen LogP contribution in [0.2, 0.25) is 0 Å². The molecule has 26 heavy (non-hydrogen) atoms. The summed E-state index contributed by atoms with van der Waals surface area (Å²) in [5.74, 6) is 0. The number of carbonyl (C=O) groups excluding carboxylic acids is 1. The lowest BCUT2D eigenvalue weighted by atomic mass is 9.97. The van der Waals surface area contributed by atoms with Crippen molar-refractivity contribution in [2.45, 2.75) is 26.2 Å². The van der Waals surface area contributed by atoms with Crippen molar-refractivity contribution in [3.63, 3.8) is 0 Å². The molecule has 2 aromatic carbocycles. The Labute approximate surface area is 162 Å². The van der Waals surface area contributed by atoms with Crippen LogP contribution < -0.4 is 0 Å². The second-order valence-corrected chi connectivity index (χ2v) is 7.17. The zero-order valence-electron chi connectivity index (χ0n) is 15.9. The topological polar surface area (TPSA) is 20.3 Å². The van der Waals surface area contributed by atoms with Gasteiger partial charge in [-0.2, -0.15) is 0 Å². The highest BCUT2D eigenvalue weighted by molar-refractivity contribution is 8.13. The first-order valence-corrected chi connectivity index (χ1v) is 10.6. The highest BCUT2D eigenvalue weighted by Crippen LogP contribution is 2.23. The molecule has 0 bridgehead atoms. The average molecular weight is 368 g/mol. The Morgan fingerprint density at radius 3 is 2.00 bits per heavy atom. The fourth-order valence-electron chi connectivity index (χ4n) is 3.03. The quantitative estimate of drug-likeness (QED) is 0.553.